The Balaban J connectivity index is 1.45. The summed E-state index contributed by atoms with van der Waals surface area (Å²) in [6, 6.07) is 33.8. The zero-order chi connectivity index (χ0) is 29.9. The molecular weight excluding hydrogens is 619 g/mol. The molecule has 1 aliphatic rings. The van der Waals surface area contributed by atoms with E-state index in [1.807, 2.05) is 42.5 Å². The highest BCUT2D eigenvalue weighted by Crippen LogP contribution is 2.46. The number of hydrogen-bond acceptors (Lipinski definition) is 4. The second-order valence-corrected chi connectivity index (χ2v) is 12.4. The number of benzene rings is 4. The lowest BCUT2D eigenvalue weighted by molar-refractivity contribution is 0.0519. The molecule has 0 fully saturated rings. The Kier molecular flexibility index (Phi) is 8.78. The summed E-state index contributed by atoms with van der Waals surface area (Å²) < 4.78 is 2.31. The van der Waals surface area contributed by atoms with E-state index in [9.17, 15) is 4.79 Å². The minimum Gasteiger partial charge on any atom is -0.313 e. The van der Waals surface area contributed by atoms with Gasteiger partial charge in [0.05, 0.1) is 27.5 Å². The Morgan fingerprint density at radius 2 is 1.63 bits per heavy atom. The Labute approximate surface area is 269 Å². The van der Waals surface area contributed by atoms with E-state index in [-0.39, 0.29) is 15.6 Å². The maximum Gasteiger partial charge on any atom is 0.367 e. The first-order valence-electron chi connectivity index (χ1n) is 13.6. The van der Waals surface area contributed by atoms with Crippen molar-refractivity contribution in [2.45, 2.75) is 24.7 Å². The minimum atomic E-state index is -0.672. The van der Waals surface area contributed by atoms with Crippen molar-refractivity contribution in [1.29, 1.82) is 0 Å². The number of thioether (sulfide) groups is 1. The zero-order valence-electron chi connectivity index (χ0n) is 23.1. The minimum absolute atomic E-state index is 0.137. The molecule has 1 heterocycles. The molecule has 0 unspecified atom stereocenters. The lowest BCUT2D eigenvalue weighted by atomic mass is 9.97. The van der Waals surface area contributed by atoms with Crippen molar-refractivity contribution >= 4 is 63.7 Å². The molecule has 0 radical (unpaired) electrons. The first kappa shape index (κ1) is 29.3. The SMILES string of the molecule is Cc1ccc(SC2=C(C=NOC(=O)c3cccc(Cl)c3Cl)CCc3c2cc(-c2ccccc2)n3-c2ccc(Cl)cc2)cc1. The van der Waals surface area contributed by atoms with Gasteiger partial charge in [0.15, 0.2) is 0 Å². The summed E-state index contributed by atoms with van der Waals surface area (Å²) in [5.41, 5.74) is 7.84. The van der Waals surface area contributed by atoms with Gasteiger partial charge in [-0.05, 0) is 85.5 Å². The van der Waals surface area contributed by atoms with Crippen LogP contribution in [0.2, 0.25) is 15.1 Å². The van der Waals surface area contributed by atoms with Crippen LogP contribution >= 0.6 is 46.6 Å². The number of nitrogens with zero attached hydrogens (tertiary/aromatic N) is 2. The average molecular weight is 644 g/mol. The third-order valence-electron chi connectivity index (χ3n) is 7.18. The fraction of sp³-hybridized carbons (Fsp3) is 0.0857. The summed E-state index contributed by atoms with van der Waals surface area (Å²) in [4.78, 5) is 20.2. The van der Waals surface area contributed by atoms with Gasteiger partial charge in [-0.1, -0.05) is 106 Å². The van der Waals surface area contributed by atoms with Crippen molar-refractivity contribution in [2.24, 2.45) is 5.16 Å². The second kappa shape index (κ2) is 12.9. The first-order valence-corrected chi connectivity index (χ1v) is 15.6. The number of oxime groups is 1. The lowest BCUT2D eigenvalue weighted by Gasteiger charge is -2.21. The highest BCUT2D eigenvalue weighted by molar-refractivity contribution is 8.08. The van der Waals surface area contributed by atoms with E-state index in [0.29, 0.717) is 11.4 Å². The normalized spacial score (nSPS) is 12.9. The number of allylic oxidation sites excluding steroid dienone is 1. The molecule has 6 rings (SSSR count). The summed E-state index contributed by atoms with van der Waals surface area (Å²) in [5.74, 6) is -0.672. The Bertz CT molecular complexity index is 1860. The third-order valence-corrected chi connectivity index (χ3v) is 9.45. The van der Waals surface area contributed by atoms with E-state index in [4.69, 9.17) is 39.6 Å². The molecule has 0 amide bonds. The van der Waals surface area contributed by atoms with Gasteiger partial charge >= 0.3 is 5.97 Å². The van der Waals surface area contributed by atoms with Crippen molar-refractivity contribution in [1.82, 2.24) is 4.57 Å². The molecule has 1 aliphatic carbocycles. The van der Waals surface area contributed by atoms with Crippen LogP contribution in [-0.4, -0.2) is 16.8 Å². The van der Waals surface area contributed by atoms with Crippen LogP contribution in [0.25, 0.3) is 21.8 Å². The van der Waals surface area contributed by atoms with Gasteiger partial charge in [0, 0.05) is 31.8 Å². The van der Waals surface area contributed by atoms with Crippen LogP contribution in [0.15, 0.2) is 119 Å². The molecule has 43 heavy (non-hydrogen) atoms. The molecule has 0 N–H and O–H groups in total. The number of carbonyl (C=O) groups excluding carboxylic acids is 1. The van der Waals surface area contributed by atoms with E-state index in [1.165, 1.54) is 11.3 Å². The standard InChI is InChI=1S/C35H25Cl3N2O2S/c1-22-10-17-27(18-11-22)43-34-24(21-39-42-35(41)28-8-5-9-30(37)33(28)38)12-19-31-29(34)20-32(23-6-3-2-4-7-23)40(31)26-15-13-25(36)14-16-26/h2-11,13-18,20-21H,12,19H2,1H3. The maximum absolute atomic E-state index is 12.7. The number of hydrogen-bond donors (Lipinski definition) is 0. The summed E-state index contributed by atoms with van der Waals surface area (Å²) in [5, 5.41) is 5.21. The summed E-state index contributed by atoms with van der Waals surface area (Å²) in [6.07, 6.45) is 3.10. The third kappa shape index (κ3) is 6.31. The molecule has 4 nitrogen and oxygen atoms in total. The van der Waals surface area contributed by atoms with Crippen LogP contribution in [0.1, 0.15) is 33.6 Å². The molecule has 5 aromatic rings. The van der Waals surface area contributed by atoms with Gasteiger partial charge in [-0.15, -0.1) is 0 Å². The van der Waals surface area contributed by atoms with Gasteiger partial charge in [0.2, 0.25) is 0 Å². The van der Waals surface area contributed by atoms with Crippen LogP contribution in [0, 0.1) is 6.92 Å². The van der Waals surface area contributed by atoms with Crippen molar-refractivity contribution in [3.63, 3.8) is 0 Å². The molecule has 0 saturated carbocycles. The Morgan fingerprint density at radius 3 is 2.37 bits per heavy atom. The van der Waals surface area contributed by atoms with Crippen molar-refractivity contribution in [2.75, 3.05) is 0 Å². The van der Waals surface area contributed by atoms with E-state index in [1.54, 1.807) is 36.2 Å². The van der Waals surface area contributed by atoms with Gasteiger partial charge in [-0.25, -0.2) is 4.79 Å². The fourth-order valence-electron chi connectivity index (χ4n) is 5.06. The molecule has 8 heteroatoms. The monoisotopic (exact) mass is 642 g/mol. The van der Waals surface area contributed by atoms with Crippen LogP contribution in [0.4, 0.5) is 0 Å². The Morgan fingerprint density at radius 1 is 0.884 bits per heavy atom. The topological polar surface area (TPSA) is 43.6 Å². The molecule has 0 aliphatic heterocycles. The molecule has 0 atom stereocenters. The number of carbonyl (C=O) groups is 1. The Hall–Kier alpha value is -3.74. The van der Waals surface area contributed by atoms with Crippen LogP contribution in [-0.2, 0) is 11.3 Å². The van der Waals surface area contributed by atoms with Gasteiger partial charge < -0.3 is 9.40 Å². The molecule has 214 valence electrons. The fourth-order valence-corrected chi connectivity index (χ4v) is 6.64. The largest absolute Gasteiger partial charge is 0.367 e. The van der Waals surface area contributed by atoms with Crippen LogP contribution < -0.4 is 0 Å². The van der Waals surface area contributed by atoms with E-state index in [0.717, 1.165) is 44.3 Å². The first-order chi connectivity index (χ1) is 20.9. The van der Waals surface area contributed by atoms with Gasteiger partial charge in [-0.3, -0.25) is 0 Å². The molecular formula is C35H25Cl3N2O2S. The van der Waals surface area contributed by atoms with E-state index >= 15 is 0 Å². The van der Waals surface area contributed by atoms with E-state index < -0.39 is 5.97 Å². The summed E-state index contributed by atoms with van der Waals surface area (Å²) >= 11 is 20.2. The highest BCUT2D eigenvalue weighted by atomic mass is 35.5. The molecule has 4 aromatic carbocycles. The number of aryl methyl sites for hydroxylation is 1. The second-order valence-electron chi connectivity index (χ2n) is 10.1. The lowest BCUT2D eigenvalue weighted by Crippen LogP contribution is -2.09. The van der Waals surface area contributed by atoms with Gasteiger partial charge in [-0.2, -0.15) is 0 Å². The molecule has 0 spiro atoms. The number of halogens is 3. The number of rotatable bonds is 7. The van der Waals surface area contributed by atoms with Crippen molar-refractivity contribution in [3.8, 4) is 16.9 Å². The van der Waals surface area contributed by atoms with Gasteiger partial charge in [0.25, 0.3) is 0 Å². The molecule has 0 bridgehead atoms. The predicted molar refractivity (Wildman–Crippen MR) is 179 cm³/mol. The van der Waals surface area contributed by atoms with Crippen LogP contribution in [0.5, 0.6) is 0 Å². The molecule has 0 saturated heterocycles. The summed E-state index contributed by atoms with van der Waals surface area (Å²) in [6.45, 7) is 2.07. The van der Waals surface area contributed by atoms with Crippen LogP contribution in [0.3, 0.4) is 0 Å². The van der Waals surface area contributed by atoms with Crippen molar-refractivity contribution < 1.29 is 9.63 Å². The predicted octanol–water partition coefficient (Wildman–Crippen LogP) is 10.7. The highest BCUT2D eigenvalue weighted by Gasteiger charge is 2.26. The number of fused-ring (bicyclic) bond motifs is 1. The maximum atomic E-state index is 12.7. The van der Waals surface area contributed by atoms with Crippen molar-refractivity contribution in [3.05, 3.63) is 146 Å². The number of aromatic nitrogens is 1. The molecule has 1 aromatic heterocycles. The quantitative estimate of drug-likeness (QED) is 0.101. The average Bonchev–Trinajstić information content (AvgIpc) is 3.41. The smallest absolute Gasteiger partial charge is 0.313 e. The van der Waals surface area contributed by atoms with E-state index in [2.05, 4.69) is 59.1 Å². The zero-order valence-corrected chi connectivity index (χ0v) is 26.1. The summed E-state index contributed by atoms with van der Waals surface area (Å²) in [7, 11) is 0. The van der Waals surface area contributed by atoms with Gasteiger partial charge in [0.1, 0.15) is 0 Å².